The van der Waals surface area contributed by atoms with Crippen molar-refractivity contribution in [2.75, 3.05) is 26.4 Å². The van der Waals surface area contributed by atoms with E-state index >= 15 is 0 Å². The van der Waals surface area contributed by atoms with E-state index in [1.54, 1.807) is 0 Å². The molecule has 0 saturated heterocycles. The SMILES string of the molecule is CCCOC(CCC[Si]c1ccc([Si]CCCC(OCCC)OCCC)cc1)OCCC. The number of benzene rings is 1. The van der Waals surface area contributed by atoms with E-state index in [2.05, 4.69) is 52.0 Å². The Labute approximate surface area is 202 Å². The van der Waals surface area contributed by atoms with Gasteiger partial charge >= 0.3 is 0 Å². The van der Waals surface area contributed by atoms with Gasteiger partial charge in [0.15, 0.2) is 12.6 Å². The summed E-state index contributed by atoms with van der Waals surface area (Å²) in [7, 11) is 1.72. The highest BCUT2D eigenvalue weighted by atomic mass is 28.2. The van der Waals surface area contributed by atoms with Gasteiger partial charge in [0, 0.05) is 26.4 Å². The summed E-state index contributed by atoms with van der Waals surface area (Å²) in [6.07, 6.45) is 8.42. The van der Waals surface area contributed by atoms with E-state index in [0.717, 1.165) is 96.8 Å². The standard InChI is InChI=1S/C26H46O4Si2/c1-5-17-27-25(28-18-6-2)11-9-21-31-23-13-15-24(16-14-23)32-22-10-12-26(29-19-7-3)30-20-8-4/h13-16,25-26H,5-12,17-22H2,1-4H3. The average Bonchev–Trinajstić information content (AvgIpc) is 2.82. The third kappa shape index (κ3) is 15.4. The Kier molecular flexibility index (Phi) is 19.4. The number of hydrogen-bond donors (Lipinski definition) is 0. The molecule has 4 nitrogen and oxygen atoms in total. The fourth-order valence-electron chi connectivity index (χ4n) is 3.14. The first-order valence-electron chi connectivity index (χ1n) is 12.8. The normalized spacial score (nSPS) is 11.7. The van der Waals surface area contributed by atoms with Crippen molar-refractivity contribution in [3.63, 3.8) is 0 Å². The quantitative estimate of drug-likeness (QED) is 0.132. The zero-order chi connectivity index (χ0) is 23.3. The fraction of sp³-hybridized carbons (Fsp3) is 0.769. The molecule has 32 heavy (non-hydrogen) atoms. The molecule has 0 unspecified atom stereocenters. The average molecular weight is 479 g/mol. The van der Waals surface area contributed by atoms with Gasteiger partial charge in [0.2, 0.25) is 0 Å². The maximum absolute atomic E-state index is 5.83. The molecule has 0 aliphatic carbocycles. The Hall–Kier alpha value is -0.506. The van der Waals surface area contributed by atoms with Crippen LogP contribution in [0.5, 0.6) is 0 Å². The van der Waals surface area contributed by atoms with Crippen LogP contribution in [0.25, 0.3) is 0 Å². The molecule has 0 aromatic heterocycles. The Morgan fingerprint density at radius 1 is 0.562 bits per heavy atom. The fourth-order valence-corrected chi connectivity index (χ4v) is 5.28. The summed E-state index contributed by atoms with van der Waals surface area (Å²) >= 11 is 0. The molecule has 1 aromatic carbocycles. The Morgan fingerprint density at radius 2 is 0.875 bits per heavy atom. The second-order valence-corrected chi connectivity index (χ2v) is 10.9. The van der Waals surface area contributed by atoms with E-state index < -0.39 is 0 Å². The lowest BCUT2D eigenvalue weighted by Crippen LogP contribution is -2.22. The zero-order valence-corrected chi connectivity index (χ0v) is 23.0. The number of rotatable bonds is 22. The van der Waals surface area contributed by atoms with E-state index in [9.17, 15) is 0 Å². The number of ether oxygens (including phenoxy) is 4. The Bertz CT molecular complexity index is 464. The van der Waals surface area contributed by atoms with Crippen LogP contribution in [0.3, 0.4) is 0 Å². The van der Waals surface area contributed by atoms with E-state index in [1.807, 2.05) is 0 Å². The second-order valence-electron chi connectivity index (χ2n) is 8.06. The third-order valence-electron chi connectivity index (χ3n) is 4.81. The van der Waals surface area contributed by atoms with Crippen LogP contribution in [0.15, 0.2) is 24.3 Å². The molecule has 1 aromatic rings. The maximum Gasteiger partial charge on any atom is 0.157 e. The van der Waals surface area contributed by atoms with Gasteiger partial charge in [-0.2, -0.15) is 0 Å². The molecule has 0 spiro atoms. The van der Waals surface area contributed by atoms with Gasteiger partial charge in [-0.25, -0.2) is 0 Å². The summed E-state index contributed by atoms with van der Waals surface area (Å²) in [5.41, 5.74) is 0. The molecule has 182 valence electrons. The van der Waals surface area contributed by atoms with Crippen LogP contribution in [0.1, 0.15) is 79.1 Å². The van der Waals surface area contributed by atoms with Crippen molar-refractivity contribution in [2.45, 2.75) is 104 Å². The highest BCUT2D eigenvalue weighted by molar-refractivity contribution is 6.55. The lowest BCUT2D eigenvalue weighted by atomic mass is 10.3. The summed E-state index contributed by atoms with van der Waals surface area (Å²) < 4.78 is 23.3. The van der Waals surface area contributed by atoms with Gasteiger partial charge in [0.25, 0.3) is 0 Å². The monoisotopic (exact) mass is 478 g/mol. The summed E-state index contributed by atoms with van der Waals surface area (Å²) in [6, 6.07) is 11.7. The van der Waals surface area contributed by atoms with Gasteiger partial charge < -0.3 is 18.9 Å². The highest BCUT2D eigenvalue weighted by Crippen LogP contribution is 2.09. The molecule has 0 heterocycles. The molecule has 6 heteroatoms. The molecule has 0 amide bonds. The Morgan fingerprint density at radius 3 is 1.16 bits per heavy atom. The van der Waals surface area contributed by atoms with Crippen LogP contribution < -0.4 is 10.4 Å². The molecule has 0 aliphatic rings. The summed E-state index contributed by atoms with van der Waals surface area (Å²) in [4.78, 5) is 0. The van der Waals surface area contributed by atoms with Crippen LogP contribution in [0, 0.1) is 0 Å². The van der Waals surface area contributed by atoms with Crippen molar-refractivity contribution >= 4 is 29.4 Å². The van der Waals surface area contributed by atoms with Gasteiger partial charge in [0.05, 0.1) is 19.0 Å². The predicted molar refractivity (Wildman–Crippen MR) is 138 cm³/mol. The minimum absolute atomic E-state index is 0.0254. The lowest BCUT2D eigenvalue weighted by molar-refractivity contribution is -0.146. The topological polar surface area (TPSA) is 36.9 Å². The maximum atomic E-state index is 5.83. The van der Waals surface area contributed by atoms with Crippen LogP contribution in [-0.2, 0) is 18.9 Å². The smallest absolute Gasteiger partial charge is 0.157 e. The van der Waals surface area contributed by atoms with Crippen LogP contribution in [-0.4, -0.2) is 58.0 Å². The third-order valence-corrected chi connectivity index (χ3v) is 7.50. The van der Waals surface area contributed by atoms with E-state index in [4.69, 9.17) is 18.9 Å². The molecule has 0 bridgehead atoms. The largest absolute Gasteiger partial charge is 0.353 e. The molecular weight excluding hydrogens is 432 g/mol. The van der Waals surface area contributed by atoms with Crippen molar-refractivity contribution in [2.24, 2.45) is 0 Å². The van der Waals surface area contributed by atoms with Crippen molar-refractivity contribution in [3.8, 4) is 0 Å². The first-order chi connectivity index (χ1) is 15.7. The molecule has 0 fully saturated rings. The minimum atomic E-state index is -0.0254. The van der Waals surface area contributed by atoms with Gasteiger partial charge in [-0.15, -0.1) is 0 Å². The highest BCUT2D eigenvalue weighted by Gasteiger charge is 2.10. The van der Waals surface area contributed by atoms with Gasteiger partial charge in [0.1, 0.15) is 0 Å². The van der Waals surface area contributed by atoms with Crippen molar-refractivity contribution < 1.29 is 18.9 Å². The van der Waals surface area contributed by atoms with E-state index in [-0.39, 0.29) is 12.6 Å². The first kappa shape index (κ1) is 29.5. The summed E-state index contributed by atoms with van der Waals surface area (Å²) in [5.74, 6) is 0. The van der Waals surface area contributed by atoms with Gasteiger partial charge in [-0.1, -0.05) is 87.3 Å². The summed E-state index contributed by atoms with van der Waals surface area (Å²) in [6.45, 7) is 11.7. The molecule has 4 radical (unpaired) electrons. The summed E-state index contributed by atoms with van der Waals surface area (Å²) in [5, 5.41) is 2.92. The molecule has 0 N–H and O–H groups in total. The van der Waals surface area contributed by atoms with Gasteiger partial charge in [-0.05, 0) is 38.5 Å². The van der Waals surface area contributed by atoms with E-state index in [0.29, 0.717) is 0 Å². The minimum Gasteiger partial charge on any atom is -0.353 e. The first-order valence-corrected chi connectivity index (χ1v) is 15.2. The lowest BCUT2D eigenvalue weighted by Gasteiger charge is -2.18. The van der Waals surface area contributed by atoms with Crippen LogP contribution in [0.4, 0.5) is 0 Å². The molecule has 0 saturated carbocycles. The van der Waals surface area contributed by atoms with Crippen LogP contribution in [0.2, 0.25) is 12.1 Å². The molecule has 1 rings (SSSR count). The molecule has 0 aliphatic heterocycles. The molecule has 0 atom stereocenters. The Balaban J connectivity index is 2.23. The van der Waals surface area contributed by atoms with Crippen LogP contribution >= 0.6 is 0 Å². The predicted octanol–water partition coefficient (Wildman–Crippen LogP) is 5.10. The number of hydrogen-bond acceptors (Lipinski definition) is 4. The van der Waals surface area contributed by atoms with Crippen molar-refractivity contribution in [1.29, 1.82) is 0 Å². The van der Waals surface area contributed by atoms with Gasteiger partial charge in [-0.3, -0.25) is 0 Å². The zero-order valence-electron chi connectivity index (χ0n) is 21.0. The van der Waals surface area contributed by atoms with Crippen molar-refractivity contribution in [3.05, 3.63) is 24.3 Å². The van der Waals surface area contributed by atoms with E-state index in [1.165, 1.54) is 22.5 Å². The second kappa shape index (κ2) is 21.1. The molecular formula is C26H46O4Si2. The van der Waals surface area contributed by atoms with Crippen molar-refractivity contribution in [1.82, 2.24) is 0 Å².